The highest BCUT2D eigenvalue weighted by atomic mass is 19.1. The first-order valence-electron chi connectivity index (χ1n) is 12.2. The minimum absolute atomic E-state index is 0.0219. The second-order valence-corrected chi connectivity index (χ2v) is 9.43. The van der Waals surface area contributed by atoms with Gasteiger partial charge in [0.1, 0.15) is 6.04 Å². The fourth-order valence-electron chi connectivity index (χ4n) is 5.03. The molecular formula is C28H22FN5O5. The number of nitrogens with zero attached hydrogens (tertiary/aromatic N) is 3. The topological polar surface area (TPSA) is 123 Å². The predicted octanol–water partition coefficient (Wildman–Crippen LogP) is 3.96. The lowest BCUT2D eigenvalue weighted by Crippen LogP contribution is -2.54. The molecule has 10 nitrogen and oxygen atoms in total. The van der Waals surface area contributed by atoms with Crippen LogP contribution in [0.25, 0.3) is 10.9 Å². The van der Waals surface area contributed by atoms with Crippen molar-refractivity contribution in [3.05, 3.63) is 77.2 Å². The number of carbonyl (C=O) groups is 4. The highest BCUT2D eigenvalue weighted by Gasteiger charge is 2.45. The molecule has 3 aromatic carbocycles. The number of aryl methyl sites for hydroxylation is 2. The van der Waals surface area contributed by atoms with E-state index in [1.807, 2.05) is 0 Å². The van der Waals surface area contributed by atoms with Crippen LogP contribution in [0, 0.1) is 12.7 Å². The van der Waals surface area contributed by atoms with Crippen molar-refractivity contribution in [2.24, 2.45) is 7.05 Å². The zero-order chi connectivity index (χ0) is 27.4. The molecule has 0 radical (unpaired) electrons. The minimum atomic E-state index is -1.09. The van der Waals surface area contributed by atoms with Gasteiger partial charge in [-0.25, -0.2) is 4.39 Å². The van der Waals surface area contributed by atoms with E-state index in [4.69, 9.17) is 4.74 Å². The van der Waals surface area contributed by atoms with E-state index in [-0.39, 0.29) is 35.5 Å². The van der Waals surface area contributed by atoms with Crippen molar-refractivity contribution in [1.29, 1.82) is 0 Å². The van der Waals surface area contributed by atoms with Crippen LogP contribution in [-0.4, -0.2) is 44.4 Å². The third-order valence-corrected chi connectivity index (χ3v) is 7.00. The molecule has 2 aliphatic heterocycles. The number of halogens is 1. The summed E-state index contributed by atoms with van der Waals surface area (Å²) in [4.78, 5) is 51.9. The van der Waals surface area contributed by atoms with E-state index in [1.54, 1.807) is 61.2 Å². The van der Waals surface area contributed by atoms with Gasteiger partial charge in [-0.1, -0.05) is 18.2 Å². The number of benzene rings is 3. The lowest BCUT2D eigenvalue weighted by atomic mass is 10.0. The first kappa shape index (κ1) is 24.3. The van der Waals surface area contributed by atoms with Gasteiger partial charge in [0.15, 0.2) is 17.3 Å². The van der Waals surface area contributed by atoms with E-state index in [9.17, 15) is 23.6 Å². The Bertz CT molecular complexity index is 1710. The van der Waals surface area contributed by atoms with Crippen molar-refractivity contribution in [1.82, 2.24) is 20.0 Å². The quantitative estimate of drug-likeness (QED) is 0.377. The van der Waals surface area contributed by atoms with Gasteiger partial charge in [-0.15, -0.1) is 0 Å². The van der Waals surface area contributed by atoms with Crippen LogP contribution in [0.5, 0.6) is 11.5 Å². The molecule has 11 heteroatoms. The molecule has 1 atom stereocenters. The van der Waals surface area contributed by atoms with E-state index in [2.05, 4.69) is 15.7 Å². The number of hydrogen-bond donors (Lipinski definition) is 2. The zero-order valence-electron chi connectivity index (χ0n) is 20.9. The number of para-hydroxylation sites is 1. The summed E-state index contributed by atoms with van der Waals surface area (Å²) in [7, 11) is 1.77. The van der Waals surface area contributed by atoms with Crippen molar-refractivity contribution >= 4 is 45.9 Å². The molecule has 0 bridgehead atoms. The van der Waals surface area contributed by atoms with Gasteiger partial charge < -0.3 is 10.1 Å². The molecule has 0 spiro atoms. The van der Waals surface area contributed by atoms with Crippen LogP contribution in [0.4, 0.5) is 15.8 Å². The number of piperidine rings is 1. The van der Waals surface area contributed by atoms with Crippen molar-refractivity contribution in [2.45, 2.75) is 25.8 Å². The predicted molar refractivity (Wildman–Crippen MR) is 138 cm³/mol. The Kier molecular flexibility index (Phi) is 5.63. The maximum absolute atomic E-state index is 14.7. The molecule has 1 aromatic heterocycles. The van der Waals surface area contributed by atoms with Crippen LogP contribution >= 0.6 is 0 Å². The Morgan fingerprint density at radius 2 is 1.85 bits per heavy atom. The van der Waals surface area contributed by atoms with Gasteiger partial charge in [0.25, 0.3) is 11.8 Å². The molecule has 4 amide bonds. The van der Waals surface area contributed by atoms with Gasteiger partial charge in [0.05, 0.1) is 34.2 Å². The van der Waals surface area contributed by atoms with Crippen molar-refractivity contribution in [2.75, 3.05) is 5.32 Å². The first-order chi connectivity index (χ1) is 18.7. The molecule has 0 saturated carbocycles. The number of imide groups is 2. The van der Waals surface area contributed by atoms with Crippen LogP contribution in [0.3, 0.4) is 0 Å². The lowest BCUT2D eigenvalue weighted by molar-refractivity contribution is -0.136. The van der Waals surface area contributed by atoms with Crippen LogP contribution < -0.4 is 15.4 Å². The number of nitrogens with one attached hydrogen (secondary N) is 2. The summed E-state index contributed by atoms with van der Waals surface area (Å²) in [5.74, 6) is -2.61. The third kappa shape index (κ3) is 3.90. The SMILES string of the molecule is Cc1cccc(F)c1Oc1ccc2c(cnn2C)c1Nc1cccc2c1C(=O)N(C1CCC(=O)NC1=O)C2=O. The molecule has 6 rings (SSSR count). The third-order valence-electron chi connectivity index (χ3n) is 7.00. The Balaban J connectivity index is 1.43. The molecule has 39 heavy (non-hydrogen) atoms. The molecule has 2 aliphatic rings. The number of fused-ring (bicyclic) bond motifs is 2. The number of rotatable bonds is 5. The summed E-state index contributed by atoms with van der Waals surface area (Å²) in [6.45, 7) is 1.73. The standard InChI is InChI=1S/C28H22FN5O5/c1-14-5-3-7-17(29)25(14)39-21-11-9-19-16(13-30-33(19)2)24(21)31-18-8-4-6-15-23(18)28(38)34(27(15)37)20-10-12-22(35)32-26(20)36/h3-9,11,13,20,31H,10,12H2,1-2H3,(H,32,35,36). The molecule has 1 fully saturated rings. The normalized spacial score (nSPS) is 17.0. The fraction of sp³-hybridized carbons (Fsp3) is 0.179. The number of anilines is 2. The van der Waals surface area contributed by atoms with Crippen LogP contribution in [0.2, 0.25) is 0 Å². The summed E-state index contributed by atoms with van der Waals surface area (Å²) in [5, 5.41) is 10.4. The summed E-state index contributed by atoms with van der Waals surface area (Å²) in [5.41, 5.74) is 2.26. The van der Waals surface area contributed by atoms with Crippen molar-refractivity contribution in [3.63, 3.8) is 0 Å². The number of aromatic nitrogens is 2. The van der Waals surface area contributed by atoms with Gasteiger partial charge >= 0.3 is 0 Å². The van der Waals surface area contributed by atoms with Gasteiger partial charge in [-0.2, -0.15) is 5.10 Å². The second-order valence-electron chi connectivity index (χ2n) is 9.43. The number of ether oxygens (including phenoxy) is 1. The second kappa shape index (κ2) is 9.05. The summed E-state index contributed by atoms with van der Waals surface area (Å²) in [6.07, 6.45) is 1.69. The Hall–Kier alpha value is -5.06. The molecule has 0 aliphatic carbocycles. The Morgan fingerprint density at radius 3 is 2.62 bits per heavy atom. The largest absolute Gasteiger partial charge is 0.452 e. The van der Waals surface area contributed by atoms with E-state index in [1.165, 1.54) is 12.1 Å². The van der Waals surface area contributed by atoms with Gasteiger partial charge in [-0.3, -0.25) is 34.1 Å². The van der Waals surface area contributed by atoms with E-state index >= 15 is 0 Å². The average molecular weight is 528 g/mol. The average Bonchev–Trinajstić information content (AvgIpc) is 3.40. The van der Waals surface area contributed by atoms with E-state index < -0.39 is 35.5 Å². The smallest absolute Gasteiger partial charge is 0.264 e. The highest BCUT2D eigenvalue weighted by Crippen LogP contribution is 2.41. The van der Waals surface area contributed by atoms with Crippen LogP contribution in [0.15, 0.2) is 54.7 Å². The fourth-order valence-corrected chi connectivity index (χ4v) is 5.03. The maximum atomic E-state index is 14.7. The molecule has 4 aromatic rings. The molecule has 196 valence electrons. The minimum Gasteiger partial charge on any atom is -0.452 e. The Morgan fingerprint density at radius 1 is 1.05 bits per heavy atom. The zero-order valence-corrected chi connectivity index (χ0v) is 20.9. The van der Waals surface area contributed by atoms with Crippen LogP contribution in [-0.2, 0) is 16.6 Å². The summed E-state index contributed by atoms with van der Waals surface area (Å²) < 4.78 is 22.4. The van der Waals surface area contributed by atoms with Gasteiger partial charge in [0.2, 0.25) is 11.8 Å². The Labute approximate surface area is 221 Å². The highest BCUT2D eigenvalue weighted by molar-refractivity contribution is 6.26. The maximum Gasteiger partial charge on any atom is 0.264 e. The molecule has 1 saturated heterocycles. The van der Waals surface area contributed by atoms with Crippen molar-refractivity contribution in [3.8, 4) is 11.5 Å². The monoisotopic (exact) mass is 527 g/mol. The lowest BCUT2D eigenvalue weighted by Gasteiger charge is -2.27. The number of hydrogen-bond acceptors (Lipinski definition) is 7. The summed E-state index contributed by atoms with van der Waals surface area (Å²) >= 11 is 0. The van der Waals surface area contributed by atoms with E-state index in [0.29, 0.717) is 22.3 Å². The number of carbonyl (C=O) groups excluding carboxylic acids is 4. The van der Waals surface area contributed by atoms with Crippen molar-refractivity contribution < 1.29 is 28.3 Å². The molecule has 2 N–H and O–H groups in total. The first-order valence-corrected chi connectivity index (χ1v) is 12.2. The molecular weight excluding hydrogens is 505 g/mol. The van der Waals surface area contributed by atoms with Gasteiger partial charge in [-0.05, 0) is 49.2 Å². The number of amides is 4. The summed E-state index contributed by atoms with van der Waals surface area (Å²) in [6, 6.07) is 11.7. The van der Waals surface area contributed by atoms with Gasteiger partial charge in [0, 0.05) is 18.9 Å². The van der Waals surface area contributed by atoms with E-state index in [0.717, 1.165) is 10.4 Å². The molecule has 1 unspecified atom stereocenters. The van der Waals surface area contributed by atoms with Crippen LogP contribution in [0.1, 0.15) is 39.1 Å². The molecule has 3 heterocycles.